The molecular formula is C26H27NO4. The van der Waals surface area contributed by atoms with Crippen LogP contribution in [0.5, 0.6) is 17.2 Å². The smallest absolute Gasteiger partial charge is 0.231 e. The van der Waals surface area contributed by atoms with E-state index in [-0.39, 0.29) is 5.91 Å². The summed E-state index contributed by atoms with van der Waals surface area (Å²) in [5, 5.41) is 3.07. The minimum atomic E-state index is -0.583. The first kappa shape index (κ1) is 20.8. The van der Waals surface area contributed by atoms with E-state index in [1.165, 1.54) is 0 Å². The van der Waals surface area contributed by atoms with Crippen LogP contribution in [0.15, 0.2) is 78.9 Å². The average Bonchev–Trinajstić information content (AvgIpc) is 3.45. The highest BCUT2D eigenvalue weighted by atomic mass is 16.5. The lowest BCUT2D eigenvalue weighted by Gasteiger charge is -2.24. The van der Waals surface area contributed by atoms with Crippen LogP contribution in [0, 0.1) is 5.41 Å². The van der Waals surface area contributed by atoms with Crippen molar-refractivity contribution in [2.75, 3.05) is 26.1 Å². The SMILES string of the molecule is COc1ccc(OCC2(c3ccccc3)CC2(C)C(=O)Nc2ccccc2)cc1OC. The molecule has 0 radical (unpaired) electrons. The predicted molar refractivity (Wildman–Crippen MR) is 121 cm³/mol. The van der Waals surface area contributed by atoms with Gasteiger partial charge in [-0.1, -0.05) is 48.5 Å². The van der Waals surface area contributed by atoms with Crippen molar-refractivity contribution in [2.45, 2.75) is 18.8 Å². The quantitative estimate of drug-likeness (QED) is 0.556. The monoisotopic (exact) mass is 417 g/mol. The first-order chi connectivity index (χ1) is 15.0. The Morgan fingerprint density at radius 1 is 0.903 bits per heavy atom. The van der Waals surface area contributed by atoms with Crippen LogP contribution < -0.4 is 19.5 Å². The molecule has 2 unspecified atom stereocenters. The number of anilines is 1. The predicted octanol–water partition coefficient (Wildman–Crippen LogP) is 5.07. The van der Waals surface area contributed by atoms with E-state index in [1.54, 1.807) is 20.3 Å². The molecule has 4 rings (SSSR count). The van der Waals surface area contributed by atoms with E-state index in [4.69, 9.17) is 14.2 Å². The molecule has 5 heteroatoms. The van der Waals surface area contributed by atoms with Gasteiger partial charge >= 0.3 is 0 Å². The molecule has 3 aromatic carbocycles. The van der Waals surface area contributed by atoms with Crippen LogP contribution in [0.1, 0.15) is 18.9 Å². The Bertz CT molecular complexity index is 1050. The Labute approximate surface area is 183 Å². The molecule has 1 aliphatic carbocycles. The first-order valence-corrected chi connectivity index (χ1v) is 10.3. The number of hydrogen-bond donors (Lipinski definition) is 1. The Morgan fingerprint density at radius 3 is 2.19 bits per heavy atom. The maximum atomic E-state index is 13.3. The number of benzene rings is 3. The zero-order chi connectivity index (χ0) is 21.9. The molecule has 5 nitrogen and oxygen atoms in total. The topological polar surface area (TPSA) is 56.8 Å². The van der Waals surface area contributed by atoms with E-state index in [0.29, 0.717) is 30.3 Å². The molecule has 0 bridgehead atoms. The van der Waals surface area contributed by atoms with Gasteiger partial charge in [0.05, 0.1) is 26.2 Å². The van der Waals surface area contributed by atoms with Crippen molar-refractivity contribution in [2.24, 2.45) is 5.41 Å². The maximum Gasteiger partial charge on any atom is 0.231 e. The van der Waals surface area contributed by atoms with Crippen molar-refractivity contribution in [3.05, 3.63) is 84.4 Å². The third-order valence-corrected chi connectivity index (χ3v) is 6.29. The lowest BCUT2D eigenvalue weighted by Crippen LogP contribution is -2.33. The molecule has 0 heterocycles. The number of ether oxygens (including phenoxy) is 3. The van der Waals surface area contributed by atoms with Crippen molar-refractivity contribution in [1.82, 2.24) is 0 Å². The molecule has 1 amide bonds. The summed E-state index contributed by atoms with van der Waals surface area (Å²) in [5.41, 5.74) is 0.894. The molecule has 0 aromatic heterocycles. The van der Waals surface area contributed by atoms with Gasteiger partial charge < -0.3 is 19.5 Å². The minimum Gasteiger partial charge on any atom is -0.493 e. The number of nitrogens with one attached hydrogen (secondary N) is 1. The van der Waals surface area contributed by atoms with Crippen LogP contribution in [0.25, 0.3) is 0 Å². The van der Waals surface area contributed by atoms with E-state index in [9.17, 15) is 4.79 Å². The van der Waals surface area contributed by atoms with Gasteiger partial charge in [0.1, 0.15) is 5.75 Å². The van der Waals surface area contributed by atoms with E-state index >= 15 is 0 Å². The van der Waals surface area contributed by atoms with Crippen molar-refractivity contribution >= 4 is 11.6 Å². The molecule has 0 saturated heterocycles. The number of hydrogen-bond acceptors (Lipinski definition) is 4. The molecule has 31 heavy (non-hydrogen) atoms. The van der Waals surface area contributed by atoms with Gasteiger partial charge in [-0.2, -0.15) is 0 Å². The Morgan fingerprint density at radius 2 is 1.55 bits per heavy atom. The number of rotatable bonds is 8. The van der Waals surface area contributed by atoms with Gasteiger partial charge in [0, 0.05) is 17.2 Å². The molecule has 0 aliphatic heterocycles. The molecule has 0 spiro atoms. The van der Waals surface area contributed by atoms with Crippen LogP contribution in [-0.2, 0) is 10.2 Å². The van der Waals surface area contributed by atoms with E-state index < -0.39 is 10.8 Å². The van der Waals surface area contributed by atoms with Gasteiger partial charge in [-0.3, -0.25) is 4.79 Å². The normalized spacial score (nSPS) is 21.8. The number of para-hydroxylation sites is 1. The highest BCUT2D eigenvalue weighted by molar-refractivity contribution is 5.99. The molecule has 160 valence electrons. The zero-order valence-corrected chi connectivity index (χ0v) is 18.1. The summed E-state index contributed by atoms with van der Waals surface area (Å²) in [6, 6.07) is 25.1. The molecule has 1 fully saturated rings. The van der Waals surface area contributed by atoms with E-state index in [0.717, 1.165) is 11.3 Å². The number of carbonyl (C=O) groups excluding carboxylic acids is 1. The fraction of sp³-hybridized carbons (Fsp3) is 0.269. The van der Waals surface area contributed by atoms with Gasteiger partial charge in [-0.15, -0.1) is 0 Å². The summed E-state index contributed by atoms with van der Waals surface area (Å²) in [5.74, 6) is 1.92. The van der Waals surface area contributed by atoms with Gasteiger partial charge in [-0.25, -0.2) is 0 Å². The molecule has 1 saturated carbocycles. The largest absolute Gasteiger partial charge is 0.493 e. The number of carbonyl (C=O) groups is 1. The fourth-order valence-corrected chi connectivity index (χ4v) is 4.23. The highest BCUT2D eigenvalue weighted by Crippen LogP contribution is 2.65. The van der Waals surface area contributed by atoms with E-state index in [1.807, 2.05) is 67.6 Å². The summed E-state index contributed by atoms with van der Waals surface area (Å²) in [6.45, 7) is 2.39. The van der Waals surface area contributed by atoms with Crippen LogP contribution in [0.2, 0.25) is 0 Å². The van der Waals surface area contributed by atoms with Crippen LogP contribution in [0.4, 0.5) is 5.69 Å². The van der Waals surface area contributed by atoms with Crippen molar-refractivity contribution in [3.8, 4) is 17.2 Å². The Hall–Kier alpha value is -3.47. The second-order valence-corrected chi connectivity index (χ2v) is 8.08. The third kappa shape index (κ3) is 3.83. The lowest BCUT2D eigenvalue weighted by molar-refractivity contribution is -0.121. The van der Waals surface area contributed by atoms with Crippen molar-refractivity contribution in [3.63, 3.8) is 0 Å². The lowest BCUT2D eigenvalue weighted by atomic mass is 9.87. The summed E-state index contributed by atoms with van der Waals surface area (Å²) in [4.78, 5) is 13.3. The number of amides is 1. The molecule has 1 N–H and O–H groups in total. The summed E-state index contributed by atoms with van der Waals surface area (Å²) >= 11 is 0. The molecule has 2 atom stereocenters. The van der Waals surface area contributed by atoms with Crippen LogP contribution in [0.3, 0.4) is 0 Å². The van der Waals surface area contributed by atoms with Gasteiger partial charge in [-0.05, 0) is 43.2 Å². The minimum absolute atomic E-state index is 0.00142. The number of methoxy groups -OCH3 is 2. The van der Waals surface area contributed by atoms with Gasteiger partial charge in [0.15, 0.2) is 11.5 Å². The second-order valence-electron chi connectivity index (χ2n) is 8.08. The highest BCUT2D eigenvalue weighted by Gasteiger charge is 2.70. The first-order valence-electron chi connectivity index (χ1n) is 10.3. The fourth-order valence-electron chi connectivity index (χ4n) is 4.23. The molecule has 3 aromatic rings. The van der Waals surface area contributed by atoms with Gasteiger partial charge in [0.25, 0.3) is 0 Å². The summed E-state index contributed by atoms with van der Waals surface area (Å²) in [7, 11) is 3.20. The summed E-state index contributed by atoms with van der Waals surface area (Å²) in [6.07, 6.45) is 0.704. The zero-order valence-electron chi connectivity index (χ0n) is 18.1. The standard InChI is InChI=1S/C26H27NO4/c1-25(24(28)27-20-12-8-5-9-13-20)17-26(25,19-10-6-4-7-11-19)18-31-21-14-15-22(29-2)23(16-21)30-3/h4-16H,17-18H2,1-3H3,(H,27,28). The van der Waals surface area contributed by atoms with Crippen LogP contribution in [-0.4, -0.2) is 26.7 Å². The Balaban J connectivity index is 1.58. The van der Waals surface area contributed by atoms with Crippen LogP contribution >= 0.6 is 0 Å². The molecular weight excluding hydrogens is 390 g/mol. The second kappa shape index (κ2) is 8.34. The van der Waals surface area contributed by atoms with E-state index in [2.05, 4.69) is 17.4 Å². The third-order valence-electron chi connectivity index (χ3n) is 6.29. The Kier molecular flexibility index (Phi) is 5.59. The van der Waals surface area contributed by atoms with Crippen molar-refractivity contribution in [1.29, 1.82) is 0 Å². The average molecular weight is 418 g/mol. The van der Waals surface area contributed by atoms with Crippen molar-refractivity contribution < 1.29 is 19.0 Å². The maximum absolute atomic E-state index is 13.3. The summed E-state index contributed by atoms with van der Waals surface area (Å²) < 4.78 is 16.9. The molecule has 1 aliphatic rings. The van der Waals surface area contributed by atoms with Gasteiger partial charge in [0.2, 0.25) is 5.91 Å².